The predicted octanol–water partition coefficient (Wildman–Crippen LogP) is 5.27. The Bertz CT molecular complexity index is 673. The Morgan fingerprint density at radius 1 is 0.905 bits per heavy atom. The fourth-order valence-electron chi connectivity index (χ4n) is 2.37. The molecule has 3 aromatic rings. The van der Waals surface area contributed by atoms with Gasteiger partial charge in [0.2, 0.25) is 0 Å². The maximum absolute atomic E-state index is 3.59. The van der Waals surface area contributed by atoms with Crippen molar-refractivity contribution in [3.63, 3.8) is 0 Å². The number of hydrogen-bond acceptors (Lipinski definition) is 2. The van der Waals surface area contributed by atoms with Gasteiger partial charge < -0.3 is 5.32 Å². The van der Waals surface area contributed by atoms with Crippen LogP contribution in [-0.4, -0.2) is 0 Å². The van der Waals surface area contributed by atoms with Gasteiger partial charge in [-0.05, 0) is 35.1 Å². The summed E-state index contributed by atoms with van der Waals surface area (Å²) in [5.74, 6) is 0. The first-order chi connectivity index (χ1) is 10.3. The predicted molar refractivity (Wildman–Crippen MR) is 91.5 cm³/mol. The fourth-order valence-corrected chi connectivity index (χ4v) is 3.21. The first kappa shape index (κ1) is 14.1. The minimum Gasteiger partial charge on any atom is -0.305 e. The molecule has 0 bridgehead atoms. The Balaban J connectivity index is 1.63. The highest BCUT2D eigenvalue weighted by atomic mass is 32.1. The van der Waals surface area contributed by atoms with E-state index in [0.717, 1.165) is 6.54 Å². The van der Waals surface area contributed by atoms with Gasteiger partial charge in [-0.15, -0.1) is 11.3 Å². The summed E-state index contributed by atoms with van der Waals surface area (Å²) in [6.07, 6.45) is 0. The lowest BCUT2D eigenvalue weighted by atomic mass is 10.1. The maximum Gasteiger partial charge on any atom is 0.0305 e. The van der Waals surface area contributed by atoms with Crippen LogP contribution in [0.4, 0.5) is 0 Å². The molecule has 0 aliphatic carbocycles. The van der Waals surface area contributed by atoms with E-state index in [4.69, 9.17) is 0 Å². The SMILES string of the molecule is C[C@H](NCc1cc(-c2ccccc2)cs1)c1ccccc1. The molecule has 2 heteroatoms. The highest BCUT2D eigenvalue weighted by molar-refractivity contribution is 7.10. The van der Waals surface area contributed by atoms with Crippen molar-refractivity contribution >= 4 is 11.3 Å². The number of nitrogens with one attached hydrogen (secondary N) is 1. The average Bonchev–Trinajstić information content (AvgIpc) is 3.03. The van der Waals surface area contributed by atoms with E-state index in [1.807, 2.05) is 11.3 Å². The topological polar surface area (TPSA) is 12.0 Å². The van der Waals surface area contributed by atoms with Gasteiger partial charge >= 0.3 is 0 Å². The highest BCUT2D eigenvalue weighted by Crippen LogP contribution is 2.25. The first-order valence-corrected chi connectivity index (χ1v) is 8.12. The molecule has 0 saturated heterocycles. The van der Waals surface area contributed by atoms with Crippen molar-refractivity contribution in [2.45, 2.75) is 19.5 Å². The van der Waals surface area contributed by atoms with Crippen molar-refractivity contribution < 1.29 is 0 Å². The molecule has 1 N–H and O–H groups in total. The van der Waals surface area contributed by atoms with Crippen molar-refractivity contribution in [1.29, 1.82) is 0 Å². The van der Waals surface area contributed by atoms with Gasteiger partial charge in [0, 0.05) is 17.5 Å². The normalized spacial score (nSPS) is 12.2. The lowest BCUT2D eigenvalue weighted by molar-refractivity contribution is 0.579. The molecule has 0 saturated carbocycles. The quantitative estimate of drug-likeness (QED) is 0.676. The van der Waals surface area contributed by atoms with Crippen LogP contribution in [0, 0.1) is 0 Å². The van der Waals surface area contributed by atoms with E-state index in [1.54, 1.807) is 0 Å². The van der Waals surface area contributed by atoms with Gasteiger partial charge in [-0.2, -0.15) is 0 Å². The fraction of sp³-hybridized carbons (Fsp3) is 0.158. The van der Waals surface area contributed by atoms with Crippen LogP contribution in [0.15, 0.2) is 72.1 Å². The molecule has 0 aliphatic rings. The van der Waals surface area contributed by atoms with Gasteiger partial charge in [0.05, 0.1) is 0 Å². The number of thiophene rings is 1. The molecule has 2 aromatic carbocycles. The van der Waals surface area contributed by atoms with E-state index in [0.29, 0.717) is 6.04 Å². The first-order valence-electron chi connectivity index (χ1n) is 7.24. The molecule has 106 valence electrons. The van der Waals surface area contributed by atoms with Gasteiger partial charge in [0.25, 0.3) is 0 Å². The van der Waals surface area contributed by atoms with Crippen molar-refractivity contribution in [2.24, 2.45) is 0 Å². The summed E-state index contributed by atoms with van der Waals surface area (Å²) in [5, 5.41) is 5.83. The molecule has 21 heavy (non-hydrogen) atoms. The third kappa shape index (κ3) is 3.60. The van der Waals surface area contributed by atoms with E-state index in [9.17, 15) is 0 Å². The Morgan fingerprint density at radius 2 is 1.57 bits per heavy atom. The summed E-state index contributed by atoms with van der Waals surface area (Å²) in [7, 11) is 0. The summed E-state index contributed by atoms with van der Waals surface area (Å²) in [5.41, 5.74) is 3.93. The zero-order valence-corrected chi connectivity index (χ0v) is 12.9. The number of hydrogen-bond donors (Lipinski definition) is 1. The number of benzene rings is 2. The molecular weight excluding hydrogens is 274 g/mol. The zero-order valence-electron chi connectivity index (χ0n) is 12.1. The van der Waals surface area contributed by atoms with Crippen LogP contribution >= 0.6 is 11.3 Å². The molecule has 0 unspecified atom stereocenters. The van der Waals surface area contributed by atoms with Gasteiger partial charge in [-0.3, -0.25) is 0 Å². The highest BCUT2D eigenvalue weighted by Gasteiger charge is 2.06. The largest absolute Gasteiger partial charge is 0.305 e. The average molecular weight is 293 g/mol. The van der Waals surface area contributed by atoms with E-state index < -0.39 is 0 Å². The lowest BCUT2D eigenvalue weighted by Gasteiger charge is -2.13. The summed E-state index contributed by atoms with van der Waals surface area (Å²) in [6, 6.07) is 23.8. The Morgan fingerprint density at radius 3 is 2.29 bits per heavy atom. The van der Waals surface area contributed by atoms with Crippen molar-refractivity contribution in [3.8, 4) is 11.1 Å². The minimum absolute atomic E-state index is 0.369. The molecule has 0 aliphatic heterocycles. The van der Waals surface area contributed by atoms with Gasteiger partial charge in [-0.25, -0.2) is 0 Å². The second-order valence-electron chi connectivity index (χ2n) is 5.18. The summed E-state index contributed by atoms with van der Waals surface area (Å²) in [6.45, 7) is 3.12. The van der Waals surface area contributed by atoms with E-state index in [2.05, 4.69) is 84.4 Å². The van der Waals surface area contributed by atoms with Gasteiger partial charge in [0.1, 0.15) is 0 Å². The Labute approximate surface area is 130 Å². The minimum atomic E-state index is 0.369. The third-order valence-electron chi connectivity index (χ3n) is 3.64. The summed E-state index contributed by atoms with van der Waals surface area (Å²) < 4.78 is 0. The second-order valence-corrected chi connectivity index (χ2v) is 6.18. The molecule has 1 heterocycles. The van der Waals surface area contributed by atoms with Crippen LogP contribution in [0.5, 0.6) is 0 Å². The van der Waals surface area contributed by atoms with Gasteiger partial charge in [-0.1, -0.05) is 60.7 Å². The molecule has 1 aromatic heterocycles. The van der Waals surface area contributed by atoms with Crippen LogP contribution in [0.25, 0.3) is 11.1 Å². The Hall–Kier alpha value is -1.90. The van der Waals surface area contributed by atoms with E-state index in [1.165, 1.54) is 21.6 Å². The molecule has 1 atom stereocenters. The summed E-state index contributed by atoms with van der Waals surface area (Å²) in [4.78, 5) is 1.37. The van der Waals surface area contributed by atoms with Crippen LogP contribution < -0.4 is 5.32 Å². The van der Waals surface area contributed by atoms with Crippen molar-refractivity contribution in [2.75, 3.05) is 0 Å². The summed E-state index contributed by atoms with van der Waals surface area (Å²) >= 11 is 1.82. The molecule has 0 fully saturated rings. The van der Waals surface area contributed by atoms with Crippen LogP contribution in [0.1, 0.15) is 23.4 Å². The molecule has 0 radical (unpaired) electrons. The lowest BCUT2D eigenvalue weighted by Crippen LogP contribution is -2.17. The smallest absolute Gasteiger partial charge is 0.0305 e. The van der Waals surface area contributed by atoms with E-state index in [-0.39, 0.29) is 0 Å². The second kappa shape index (κ2) is 6.70. The van der Waals surface area contributed by atoms with Crippen molar-refractivity contribution in [3.05, 3.63) is 82.6 Å². The Kier molecular flexibility index (Phi) is 4.49. The molecular formula is C19H19NS. The zero-order chi connectivity index (χ0) is 14.5. The van der Waals surface area contributed by atoms with Crippen molar-refractivity contribution in [1.82, 2.24) is 5.32 Å². The number of rotatable bonds is 5. The van der Waals surface area contributed by atoms with Crippen LogP contribution in [0.3, 0.4) is 0 Å². The molecule has 0 spiro atoms. The maximum atomic E-state index is 3.59. The van der Waals surface area contributed by atoms with E-state index >= 15 is 0 Å². The molecule has 3 rings (SSSR count). The standard InChI is InChI=1S/C19H19NS/c1-15(16-8-4-2-5-9-16)20-13-19-12-18(14-21-19)17-10-6-3-7-11-17/h2-12,14-15,20H,13H2,1H3/t15-/m0/s1. The third-order valence-corrected chi connectivity index (χ3v) is 4.58. The van der Waals surface area contributed by atoms with Gasteiger partial charge in [0.15, 0.2) is 0 Å². The molecule has 0 amide bonds. The van der Waals surface area contributed by atoms with Crippen LogP contribution in [-0.2, 0) is 6.54 Å². The molecule has 1 nitrogen and oxygen atoms in total. The monoisotopic (exact) mass is 293 g/mol. The van der Waals surface area contributed by atoms with Crippen LogP contribution in [0.2, 0.25) is 0 Å².